The second-order valence-corrected chi connectivity index (χ2v) is 12.1. The van der Waals surface area contributed by atoms with E-state index in [0.29, 0.717) is 34.9 Å². The summed E-state index contributed by atoms with van der Waals surface area (Å²) in [6, 6.07) is 19.4. The quantitative estimate of drug-likeness (QED) is 0.201. The number of carbonyl (C=O) groups is 2. The number of anilines is 1. The van der Waals surface area contributed by atoms with E-state index >= 15 is 0 Å². The van der Waals surface area contributed by atoms with Crippen molar-refractivity contribution in [2.45, 2.75) is 65.3 Å². The van der Waals surface area contributed by atoms with Crippen molar-refractivity contribution in [3.8, 4) is 11.5 Å². The number of hydrogen-bond acceptors (Lipinski definition) is 5. The van der Waals surface area contributed by atoms with Gasteiger partial charge >= 0.3 is 0 Å². The Morgan fingerprint density at radius 3 is 2.10 bits per heavy atom. The van der Waals surface area contributed by atoms with Gasteiger partial charge in [-0.25, -0.2) is 0 Å². The molecule has 1 aliphatic rings. The highest BCUT2D eigenvalue weighted by atomic mass is 16.5. The molecule has 1 amide bonds. The van der Waals surface area contributed by atoms with Gasteiger partial charge in [0.25, 0.3) is 11.7 Å². The summed E-state index contributed by atoms with van der Waals surface area (Å²) < 4.78 is 11.5. The van der Waals surface area contributed by atoms with Gasteiger partial charge in [-0.1, -0.05) is 71.9 Å². The average Bonchev–Trinajstić information content (AvgIpc) is 3.17. The number of nitrogens with zero attached hydrogens (tertiary/aromatic N) is 1. The molecule has 0 radical (unpaired) electrons. The Labute approximate surface area is 237 Å². The summed E-state index contributed by atoms with van der Waals surface area (Å²) in [4.78, 5) is 28.8. The van der Waals surface area contributed by atoms with Crippen molar-refractivity contribution in [1.29, 1.82) is 0 Å². The zero-order valence-electron chi connectivity index (χ0n) is 24.7. The Bertz CT molecular complexity index is 1450. The van der Waals surface area contributed by atoms with Gasteiger partial charge in [0.05, 0.1) is 25.3 Å². The van der Waals surface area contributed by atoms with E-state index in [-0.39, 0.29) is 22.2 Å². The molecule has 6 heteroatoms. The highest BCUT2D eigenvalue weighted by Crippen LogP contribution is 2.45. The minimum absolute atomic E-state index is 0.0124. The Hall–Kier alpha value is -4.06. The third-order valence-electron chi connectivity index (χ3n) is 7.25. The van der Waals surface area contributed by atoms with Gasteiger partial charge in [-0.15, -0.1) is 0 Å². The standard InChI is InChI=1S/C34H39NO5/c1-9-40-27-19-14-21(20-25(27)34(5,6)7)30(36)28-29(24-12-10-11-13-26(24)39-8)35(32(38)31(28)37)23-17-15-22(16-18-23)33(2,3)4/h10-20,29,36H,9H2,1-8H3/b30-28+. The summed E-state index contributed by atoms with van der Waals surface area (Å²) in [6.45, 7) is 14.9. The van der Waals surface area contributed by atoms with Gasteiger partial charge in [0, 0.05) is 22.4 Å². The van der Waals surface area contributed by atoms with E-state index in [1.54, 1.807) is 25.3 Å². The predicted molar refractivity (Wildman–Crippen MR) is 159 cm³/mol. The van der Waals surface area contributed by atoms with E-state index in [0.717, 1.165) is 11.1 Å². The first-order chi connectivity index (χ1) is 18.8. The number of benzene rings is 3. The first kappa shape index (κ1) is 28.9. The molecule has 210 valence electrons. The second kappa shape index (κ2) is 10.8. The van der Waals surface area contributed by atoms with Crippen molar-refractivity contribution in [1.82, 2.24) is 0 Å². The zero-order valence-corrected chi connectivity index (χ0v) is 24.7. The van der Waals surface area contributed by atoms with Crippen LogP contribution in [0.4, 0.5) is 5.69 Å². The van der Waals surface area contributed by atoms with Crippen LogP contribution in [0.2, 0.25) is 0 Å². The molecule has 1 aliphatic heterocycles. The molecule has 1 fully saturated rings. The number of ether oxygens (including phenoxy) is 2. The molecule has 1 saturated heterocycles. The van der Waals surface area contributed by atoms with Crippen molar-refractivity contribution in [3.05, 3.63) is 94.6 Å². The van der Waals surface area contributed by atoms with Crippen molar-refractivity contribution in [2.24, 2.45) is 0 Å². The van der Waals surface area contributed by atoms with Crippen LogP contribution in [-0.4, -0.2) is 30.5 Å². The van der Waals surface area contributed by atoms with E-state index < -0.39 is 17.7 Å². The lowest BCUT2D eigenvalue weighted by Crippen LogP contribution is -2.29. The molecule has 1 unspecified atom stereocenters. The third kappa shape index (κ3) is 5.35. The number of aliphatic hydroxyl groups is 1. The molecule has 1 atom stereocenters. The molecule has 0 aromatic heterocycles. The van der Waals surface area contributed by atoms with Gasteiger partial charge in [-0.05, 0) is 59.7 Å². The highest BCUT2D eigenvalue weighted by molar-refractivity contribution is 6.51. The Morgan fingerprint density at radius 1 is 0.875 bits per heavy atom. The lowest BCUT2D eigenvalue weighted by molar-refractivity contribution is -0.132. The molecule has 0 spiro atoms. The first-order valence-corrected chi connectivity index (χ1v) is 13.6. The van der Waals surface area contributed by atoms with Gasteiger partial charge in [-0.2, -0.15) is 0 Å². The second-order valence-electron chi connectivity index (χ2n) is 12.1. The summed E-state index contributed by atoms with van der Waals surface area (Å²) in [5.74, 6) is -0.468. The van der Waals surface area contributed by atoms with Crippen LogP contribution in [0, 0.1) is 0 Å². The molecule has 0 bridgehead atoms. The fraction of sp³-hybridized carbons (Fsp3) is 0.353. The van der Waals surface area contributed by atoms with E-state index in [1.807, 2.05) is 55.5 Å². The molecule has 4 rings (SSSR count). The maximum absolute atomic E-state index is 13.7. The molecule has 1 N–H and O–H groups in total. The number of hydrogen-bond donors (Lipinski definition) is 1. The Kier molecular flexibility index (Phi) is 7.84. The number of rotatable bonds is 6. The number of carbonyl (C=O) groups excluding carboxylic acids is 2. The molecular formula is C34H39NO5. The number of amides is 1. The van der Waals surface area contributed by atoms with E-state index in [2.05, 4.69) is 41.5 Å². The summed E-state index contributed by atoms with van der Waals surface area (Å²) >= 11 is 0. The van der Waals surface area contributed by atoms with E-state index in [1.165, 1.54) is 4.90 Å². The number of para-hydroxylation sites is 1. The topological polar surface area (TPSA) is 76.1 Å². The maximum Gasteiger partial charge on any atom is 0.300 e. The monoisotopic (exact) mass is 541 g/mol. The molecule has 1 heterocycles. The minimum Gasteiger partial charge on any atom is -0.507 e. The summed E-state index contributed by atoms with van der Waals surface area (Å²) in [5.41, 5.74) is 3.24. The van der Waals surface area contributed by atoms with Crippen molar-refractivity contribution < 1.29 is 24.2 Å². The van der Waals surface area contributed by atoms with Crippen molar-refractivity contribution in [2.75, 3.05) is 18.6 Å². The molecule has 6 nitrogen and oxygen atoms in total. The number of aliphatic hydroxyl groups excluding tert-OH is 1. The van der Waals surface area contributed by atoms with Crippen LogP contribution in [0.5, 0.6) is 11.5 Å². The normalized spacial score (nSPS) is 17.3. The number of methoxy groups -OCH3 is 1. The first-order valence-electron chi connectivity index (χ1n) is 13.6. The third-order valence-corrected chi connectivity index (χ3v) is 7.25. The molecule has 3 aromatic rings. The summed E-state index contributed by atoms with van der Waals surface area (Å²) in [6.07, 6.45) is 0. The smallest absolute Gasteiger partial charge is 0.300 e. The fourth-order valence-electron chi connectivity index (χ4n) is 5.11. The molecule has 3 aromatic carbocycles. The van der Waals surface area contributed by atoms with Crippen LogP contribution in [0.15, 0.2) is 72.3 Å². The number of Topliss-reactive ketones (excluding diaryl/α,β-unsaturated/α-hetero) is 1. The van der Waals surface area contributed by atoms with Crippen LogP contribution in [0.25, 0.3) is 5.76 Å². The van der Waals surface area contributed by atoms with Crippen molar-refractivity contribution >= 4 is 23.1 Å². The van der Waals surface area contributed by atoms with E-state index in [9.17, 15) is 14.7 Å². The largest absolute Gasteiger partial charge is 0.507 e. The minimum atomic E-state index is -0.888. The van der Waals surface area contributed by atoms with Crippen LogP contribution >= 0.6 is 0 Å². The fourth-order valence-corrected chi connectivity index (χ4v) is 5.11. The zero-order chi connectivity index (χ0) is 29.4. The van der Waals surface area contributed by atoms with Gasteiger partial charge in [0.2, 0.25) is 0 Å². The van der Waals surface area contributed by atoms with Crippen LogP contribution in [0.1, 0.15) is 76.8 Å². The van der Waals surface area contributed by atoms with Gasteiger partial charge in [0.15, 0.2) is 0 Å². The molecule has 40 heavy (non-hydrogen) atoms. The Morgan fingerprint density at radius 2 is 1.52 bits per heavy atom. The summed E-state index contributed by atoms with van der Waals surface area (Å²) in [7, 11) is 1.55. The molecular weight excluding hydrogens is 502 g/mol. The SMILES string of the molecule is CCOc1ccc(/C(O)=C2\C(=O)C(=O)N(c3ccc(C(C)(C)C)cc3)C2c2ccccc2OC)cc1C(C)(C)C. The lowest BCUT2D eigenvalue weighted by atomic mass is 9.84. The maximum atomic E-state index is 13.7. The van der Waals surface area contributed by atoms with Gasteiger partial charge in [-0.3, -0.25) is 14.5 Å². The predicted octanol–water partition coefficient (Wildman–Crippen LogP) is 7.32. The van der Waals surface area contributed by atoms with Crippen LogP contribution in [-0.2, 0) is 20.4 Å². The lowest BCUT2D eigenvalue weighted by Gasteiger charge is -2.28. The highest BCUT2D eigenvalue weighted by Gasteiger charge is 2.48. The van der Waals surface area contributed by atoms with Crippen LogP contribution < -0.4 is 14.4 Å². The van der Waals surface area contributed by atoms with E-state index in [4.69, 9.17) is 9.47 Å². The van der Waals surface area contributed by atoms with Gasteiger partial charge in [0.1, 0.15) is 17.3 Å². The van der Waals surface area contributed by atoms with Gasteiger partial charge < -0.3 is 14.6 Å². The molecule has 0 saturated carbocycles. The van der Waals surface area contributed by atoms with Crippen LogP contribution in [0.3, 0.4) is 0 Å². The van der Waals surface area contributed by atoms with Crippen molar-refractivity contribution in [3.63, 3.8) is 0 Å². The molecule has 0 aliphatic carbocycles. The Balaban J connectivity index is 1.96. The average molecular weight is 542 g/mol. The number of ketones is 1. The summed E-state index contributed by atoms with van der Waals surface area (Å²) in [5, 5.41) is 11.7.